The normalized spacial score (nSPS) is 10.5. The van der Waals surface area contributed by atoms with E-state index in [1.807, 2.05) is 0 Å². The second-order valence-corrected chi connectivity index (χ2v) is 4.89. The molecule has 0 spiro atoms. The van der Waals surface area contributed by atoms with Gasteiger partial charge in [-0.15, -0.1) is 0 Å². The molecule has 0 fully saturated rings. The zero-order valence-electron chi connectivity index (χ0n) is 10.6. The van der Waals surface area contributed by atoms with Gasteiger partial charge in [0.2, 0.25) is 0 Å². The molecular weight excluding hydrogens is 265 g/mol. The molecule has 2 aromatic rings. The fourth-order valence-corrected chi connectivity index (χ4v) is 2.22. The Kier molecular flexibility index (Phi) is 3.58. The molecule has 2 N–H and O–H groups in total. The lowest BCUT2D eigenvalue weighted by Crippen LogP contribution is -2.07. The number of ketones is 1. The summed E-state index contributed by atoms with van der Waals surface area (Å²) in [6, 6.07) is 7.42. The Hall–Kier alpha value is -1.87. The van der Waals surface area contributed by atoms with Gasteiger partial charge in [-0.05, 0) is 55.3 Å². The van der Waals surface area contributed by atoms with Crippen molar-refractivity contribution >= 4 is 23.1 Å². The summed E-state index contributed by atoms with van der Waals surface area (Å²) >= 11 is 5.83. The van der Waals surface area contributed by atoms with Crippen LogP contribution in [0.3, 0.4) is 0 Å². The second kappa shape index (κ2) is 5.02. The summed E-state index contributed by atoms with van der Waals surface area (Å²) in [4.78, 5) is 12.4. The lowest BCUT2D eigenvalue weighted by molar-refractivity contribution is 0.103. The van der Waals surface area contributed by atoms with Crippen molar-refractivity contribution in [2.75, 3.05) is 5.73 Å². The minimum Gasteiger partial charge on any atom is -0.398 e. The number of anilines is 1. The minimum atomic E-state index is -0.345. The third kappa shape index (κ3) is 2.61. The van der Waals surface area contributed by atoms with E-state index in [0.29, 0.717) is 33.0 Å². The monoisotopic (exact) mass is 277 g/mol. The number of hydrogen-bond acceptors (Lipinski definition) is 2. The number of carbonyl (C=O) groups excluding carboxylic acids is 1. The third-order valence-corrected chi connectivity index (χ3v) is 3.33. The maximum atomic E-state index is 13.2. The standard InChI is InChI=1S/C15H13ClFNO/c1-8-5-11(17)6-9(2)14(8)15(19)10-3-4-12(16)13(18)7-10/h3-7H,18H2,1-2H3. The van der Waals surface area contributed by atoms with Gasteiger partial charge in [-0.25, -0.2) is 4.39 Å². The molecular formula is C15H13ClFNO. The molecule has 2 rings (SSSR count). The van der Waals surface area contributed by atoms with Gasteiger partial charge in [-0.3, -0.25) is 4.79 Å². The molecule has 98 valence electrons. The first kappa shape index (κ1) is 13.6. The Bertz CT molecular complexity index is 644. The number of nitrogen functional groups attached to an aromatic ring is 1. The van der Waals surface area contributed by atoms with Crippen molar-refractivity contribution in [1.29, 1.82) is 0 Å². The fraction of sp³-hybridized carbons (Fsp3) is 0.133. The van der Waals surface area contributed by atoms with Gasteiger partial charge in [0, 0.05) is 11.1 Å². The van der Waals surface area contributed by atoms with Gasteiger partial charge in [0.15, 0.2) is 5.78 Å². The van der Waals surface area contributed by atoms with E-state index in [4.69, 9.17) is 17.3 Å². The van der Waals surface area contributed by atoms with Gasteiger partial charge in [-0.1, -0.05) is 11.6 Å². The van der Waals surface area contributed by atoms with Gasteiger partial charge in [-0.2, -0.15) is 0 Å². The molecule has 0 aromatic heterocycles. The molecule has 0 heterocycles. The van der Waals surface area contributed by atoms with Crippen LogP contribution in [0.4, 0.5) is 10.1 Å². The highest BCUT2D eigenvalue weighted by Crippen LogP contribution is 2.24. The molecule has 0 saturated carbocycles. The maximum absolute atomic E-state index is 13.2. The van der Waals surface area contributed by atoms with E-state index in [1.165, 1.54) is 18.2 Å². The molecule has 0 aliphatic rings. The predicted molar refractivity (Wildman–Crippen MR) is 75.2 cm³/mol. The SMILES string of the molecule is Cc1cc(F)cc(C)c1C(=O)c1ccc(Cl)c(N)c1. The third-order valence-electron chi connectivity index (χ3n) is 2.98. The first-order valence-electron chi connectivity index (χ1n) is 5.76. The van der Waals surface area contributed by atoms with E-state index in [2.05, 4.69) is 0 Å². The Balaban J connectivity index is 2.53. The smallest absolute Gasteiger partial charge is 0.193 e. The quantitative estimate of drug-likeness (QED) is 0.668. The summed E-state index contributed by atoms with van der Waals surface area (Å²) in [7, 11) is 0. The Morgan fingerprint density at radius 3 is 2.26 bits per heavy atom. The summed E-state index contributed by atoms with van der Waals surface area (Å²) < 4.78 is 13.2. The zero-order valence-corrected chi connectivity index (χ0v) is 11.4. The first-order valence-corrected chi connectivity index (χ1v) is 6.14. The van der Waals surface area contributed by atoms with E-state index in [9.17, 15) is 9.18 Å². The summed E-state index contributed by atoms with van der Waals surface area (Å²) in [5, 5.41) is 0.407. The molecule has 0 radical (unpaired) electrons. The molecule has 0 bridgehead atoms. The average Bonchev–Trinajstić information content (AvgIpc) is 2.31. The number of halogens is 2. The highest BCUT2D eigenvalue weighted by molar-refractivity contribution is 6.33. The number of nitrogens with two attached hydrogens (primary N) is 1. The van der Waals surface area contributed by atoms with Crippen LogP contribution in [0.15, 0.2) is 30.3 Å². The summed E-state index contributed by atoms with van der Waals surface area (Å²) in [6.07, 6.45) is 0. The van der Waals surface area contributed by atoms with Crippen LogP contribution in [0.5, 0.6) is 0 Å². The van der Waals surface area contributed by atoms with E-state index >= 15 is 0 Å². The van der Waals surface area contributed by atoms with Crippen molar-refractivity contribution < 1.29 is 9.18 Å². The van der Waals surface area contributed by atoms with Crippen molar-refractivity contribution in [1.82, 2.24) is 0 Å². The number of benzene rings is 2. The van der Waals surface area contributed by atoms with Crippen LogP contribution in [-0.2, 0) is 0 Å². The van der Waals surface area contributed by atoms with Crippen molar-refractivity contribution in [2.45, 2.75) is 13.8 Å². The molecule has 0 unspecified atom stereocenters. The first-order chi connectivity index (χ1) is 8.90. The topological polar surface area (TPSA) is 43.1 Å². The fourth-order valence-electron chi connectivity index (χ4n) is 2.10. The minimum absolute atomic E-state index is 0.182. The highest BCUT2D eigenvalue weighted by atomic mass is 35.5. The summed E-state index contributed by atoms with van der Waals surface area (Å²) in [5.74, 6) is -0.527. The largest absolute Gasteiger partial charge is 0.398 e. The molecule has 4 heteroatoms. The molecule has 0 amide bonds. The molecule has 0 atom stereocenters. The van der Waals surface area contributed by atoms with Crippen LogP contribution >= 0.6 is 11.6 Å². The number of aryl methyl sites for hydroxylation is 2. The van der Waals surface area contributed by atoms with Gasteiger partial charge >= 0.3 is 0 Å². The lowest BCUT2D eigenvalue weighted by Gasteiger charge is -2.10. The predicted octanol–water partition coefficient (Wildman–Crippen LogP) is 3.91. The van der Waals surface area contributed by atoms with E-state index in [0.717, 1.165) is 0 Å². The number of carbonyl (C=O) groups is 1. The Morgan fingerprint density at radius 1 is 1.16 bits per heavy atom. The van der Waals surface area contributed by atoms with Crippen LogP contribution in [0.25, 0.3) is 0 Å². The van der Waals surface area contributed by atoms with Gasteiger partial charge in [0.1, 0.15) is 5.82 Å². The lowest BCUT2D eigenvalue weighted by atomic mass is 9.94. The van der Waals surface area contributed by atoms with Crippen molar-refractivity contribution in [3.8, 4) is 0 Å². The molecule has 0 saturated heterocycles. The molecule has 0 aliphatic carbocycles. The van der Waals surface area contributed by atoms with Gasteiger partial charge in [0.25, 0.3) is 0 Å². The van der Waals surface area contributed by atoms with Crippen molar-refractivity contribution in [2.24, 2.45) is 0 Å². The Morgan fingerprint density at radius 2 is 1.74 bits per heavy atom. The highest BCUT2D eigenvalue weighted by Gasteiger charge is 2.16. The van der Waals surface area contributed by atoms with Gasteiger partial charge in [0.05, 0.1) is 10.7 Å². The molecule has 2 aromatic carbocycles. The number of rotatable bonds is 2. The molecule has 0 aliphatic heterocycles. The second-order valence-electron chi connectivity index (χ2n) is 4.48. The summed E-state index contributed by atoms with van der Waals surface area (Å²) in [6.45, 7) is 3.42. The van der Waals surface area contributed by atoms with Crippen LogP contribution < -0.4 is 5.73 Å². The molecule has 19 heavy (non-hydrogen) atoms. The van der Waals surface area contributed by atoms with Crippen LogP contribution in [0.1, 0.15) is 27.0 Å². The summed E-state index contributed by atoms with van der Waals surface area (Å²) in [5.41, 5.74) is 8.21. The van der Waals surface area contributed by atoms with Gasteiger partial charge < -0.3 is 5.73 Å². The van der Waals surface area contributed by atoms with Crippen LogP contribution in [0.2, 0.25) is 5.02 Å². The van der Waals surface area contributed by atoms with Crippen molar-refractivity contribution in [3.05, 3.63) is 63.4 Å². The molecule has 2 nitrogen and oxygen atoms in total. The maximum Gasteiger partial charge on any atom is 0.193 e. The number of hydrogen-bond donors (Lipinski definition) is 1. The average molecular weight is 278 g/mol. The van der Waals surface area contributed by atoms with Crippen LogP contribution in [0, 0.1) is 19.7 Å². The van der Waals surface area contributed by atoms with E-state index in [-0.39, 0.29) is 11.6 Å². The zero-order chi connectivity index (χ0) is 14.2. The Labute approximate surface area is 116 Å². The van der Waals surface area contributed by atoms with E-state index < -0.39 is 0 Å². The van der Waals surface area contributed by atoms with Crippen LogP contribution in [-0.4, -0.2) is 5.78 Å². The van der Waals surface area contributed by atoms with E-state index in [1.54, 1.807) is 26.0 Å². The van der Waals surface area contributed by atoms with Crippen molar-refractivity contribution in [3.63, 3.8) is 0 Å².